The second kappa shape index (κ2) is 3.65. The summed E-state index contributed by atoms with van der Waals surface area (Å²) in [5.74, 6) is 0. The lowest BCUT2D eigenvalue weighted by atomic mass is 11.3. The Morgan fingerprint density at radius 3 is 2.60 bits per heavy atom. The fourth-order valence-electron chi connectivity index (χ4n) is 0.0481. The summed E-state index contributed by atoms with van der Waals surface area (Å²) in [7, 11) is 0. The lowest BCUT2D eigenvalue weighted by Crippen LogP contribution is -1.27. The fraction of sp³-hybridized carbons (Fsp3) is 0. The lowest BCUT2D eigenvalue weighted by molar-refractivity contribution is 2.67. The molecule has 5 heavy (non-hydrogen) atoms. The summed E-state index contributed by atoms with van der Waals surface area (Å²) in [6.07, 6.45) is 4.78. The zero-order valence-corrected chi connectivity index (χ0v) is 3.59. The summed E-state index contributed by atoms with van der Waals surface area (Å²) in [6.45, 7) is 3.37. The summed E-state index contributed by atoms with van der Waals surface area (Å²) >= 11 is 1.25. The molecule has 0 heterocycles. The van der Waals surface area contributed by atoms with E-state index in [9.17, 15) is 0 Å². The SMILES string of the molecule is C#CSC=C. The van der Waals surface area contributed by atoms with Crippen LogP contribution in [0.3, 0.4) is 0 Å². The van der Waals surface area contributed by atoms with Crippen molar-refractivity contribution in [1.29, 1.82) is 0 Å². The van der Waals surface area contributed by atoms with Gasteiger partial charge in [-0.2, -0.15) is 0 Å². The molecule has 26 valence electrons. The summed E-state index contributed by atoms with van der Waals surface area (Å²) in [5.41, 5.74) is 0. The highest BCUT2D eigenvalue weighted by molar-refractivity contribution is 8.06. The van der Waals surface area contributed by atoms with Gasteiger partial charge in [0, 0.05) is 0 Å². The Labute approximate surface area is 36.3 Å². The molecule has 0 saturated carbocycles. The maximum absolute atomic E-state index is 4.78. The molecule has 0 bridgehead atoms. The van der Waals surface area contributed by atoms with E-state index in [0.29, 0.717) is 0 Å². The predicted molar refractivity (Wildman–Crippen MR) is 26.6 cm³/mol. The molecular weight excluding hydrogens is 80.1 g/mol. The minimum Gasteiger partial charge on any atom is -0.108 e. The molecule has 0 aliphatic heterocycles. The minimum atomic E-state index is 1.25. The number of hydrogen-bond donors (Lipinski definition) is 0. The number of rotatable bonds is 1. The van der Waals surface area contributed by atoms with Crippen molar-refractivity contribution >= 4 is 11.8 Å². The third-order valence-electron chi connectivity index (χ3n) is 0.151. The molecule has 0 aromatic heterocycles. The molecule has 0 radical (unpaired) electrons. The minimum absolute atomic E-state index is 1.25. The molecule has 1 heteroatoms. The summed E-state index contributed by atoms with van der Waals surface area (Å²) in [6, 6.07) is 0. The maximum Gasteiger partial charge on any atom is -0.0233 e. The quantitative estimate of drug-likeness (QED) is 0.433. The predicted octanol–water partition coefficient (Wildman–Crippen LogP) is 1.45. The molecule has 0 rings (SSSR count). The first kappa shape index (κ1) is 4.65. The van der Waals surface area contributed by atoms with E-state index in [1.54, 1.807) is 5.41 Å². The monoisotopic (exact) mass is 84.0 g/mol. The smallest absolute Gasteiger partial charge is 0.0233 e. The van der Waals surface area contributed by atoms with Crippen LogP contribution in [0, 0.1) is 11.7 Å². The molecule has 0 saturated heterocycles. The number of terminal acetylenes is 1. The highest BCUT2D eigenvalue weighted by Gasteiger charge is 1.52. The van der Waals surface area contributed by atoms with Crippen LogP contribution < -0.4 is 0 Å². The normalized spacial score (nSPS) is 5.40. The van der Waals surface area contributed by atoms with Gasteiger partial charge >= 0.3 is 0 Å². The van der Waals surface area contributed by atoms with Crippen LogP contribution in [-0.2, 0) is 0 Å². The Kier molecular flexibility index (Phi) is 3.39. The second-order valence-electron chi connectivity index (χ2n) is 0.402. The maximum atomic E-state index is 4.78. The van der Waals surface area contributed by atoms with E-state index < -0.39 is 0 Å². The van der Waals surface area contributed by atoms with Gasteiger partial charge in [-0.25, -0.2) is 0 Å². The Bertz CT molecular complexity index is 58.5. The van der Waals surface area contributed by atoms with Crippen LogP contribution in [0.15, 0.2) is 12.0 Å². The number of hydrogen-bond acceptors (Lipinski definition) is 1. The molecule has 0 aliphatic rings. The van der Waals surface area contributed by atoms with Gasteiger partial charge in [-0.1, -0.05) is 6.58 Å². The topological polar surface area (TPSA) is 0 Å². The Hall–Kier alpha value is -0.350. The van der Waals surface area contributed by atoms with E-state index in [1.165, 1.54) is 11.8 Å². The summed E-state index contributed by atoms with van der Waals surface area (Å²) in [4.78, 5) is 0. The largest absolute Gasteiger partial charge is 0.108 e. The molecule has 0 spiro atoms. The average molecular weight is 84.1 g/mol. The van der Waals surface area contributed by atoms with E-state index in [1.807, 2.05) is 0 Å². The Morgan fingerprint density at radius 2 is 2.60 bits per heavy atom. The highest BCUT2D eigenvalue weighted by Crippen LogP contribution is 1.91. The fourth-order valence-corrected chi connectivity index (χ4v) is 0.144. The first-order valence-electron chi connectivity index (χ1n) is 1.14. The van der Waals surface area contributed by atoms with Gasteiger partial charge in [0.05, 0.1) is 0 Å². The molecular formula is C4H4S. The summed E-state index contributed by atoms with van der Waals surface area (Å²) < 4.78 is 0. The van der Waals surface area contributed by atoms with E-state index >= 15 is 0 Å². The molecule has 0 unspecified atom stereocenters. The second-order valence-corrected chi connectivity index (χ2v) is 1.21. The van der Waals surface area contributed by atoms with Gasteiger partial charge in [0.15, 0.2) is 0 Å². The van der Waals surface area contributed by atoms with Crippen LogP contribution in [0.25, 0.3) is 0 Å². The zero-order chi connectivity index (χ0) is 4.12. The van der Waals surface area contributed by atoms with Crippen LogP contribution in [0.1, 0.15) is 0 Å². The van der Waals surface area contributed by atoms with Crippen LogP contribution in [0.4, 0.5) is 0 Å². The van der Waals surface area contributed by atoms with E-state index in [-0.39, 0.29) is 0 Å². The van der Waals surface area contributed by atoms with Crippen molar-refractivity contribution in [1.82, 2.24) is 0 Å². The van der Waals surface area contributed by atoms with Crippen LogP contribution in [0.2, 0.25) is 0 Å². The van der Waals surface area contributed by atoms with Crippen LogP contribution in [-0.4, -0.2) is 0 Å². The Balaban J connectivity index is 2.75. The van der Waals surface area contributed by atoms with Gasteiger partial charge < -0.3 is 0 Å². The summed E-state index contributed by atoms with van der Waals surface area (Å²) in [5, 5.41) is 3.93. The van der Waals surface area contributed by atoms with Gasteiger partial charge in [-0.15, -0.1) is 6.42 Å². The van der Waals surface area contributed by atoms with Crippen molar-refractivity contribution in [2.24, 2.45) is 0 Å². The van der Waals surface area contributed by atoms with Crippen molar-refractivity contribution in [3.05, 3.63) is 12.0 Å². The first-order chi connectivity index (χ1) is 2.41. The molecule has 0 aromatic rings. The van der Waals surface area contributed by atoms with E-state index in [4.69, 9.17) is 6.42 Å². The first-order valence-corrected chi connectivity index (χ1v) is 2.02. The zero-order valence-electron chi connectivity index (χ0n) is 2.77. The van der Waals surface area contributed by atoms with Crippen molar-refractivity contribution < 1.29 is 0 Å². The Morgan fingerprint density at radius 1 is 2.00 bits per heavy atom. The molecule has 0 nitrogen and oxygen atoms in total. The van der Waals surface area contributed by atoms with Gasteiger partial charge in [-0.05, 0) is 22.4 Å². The third kappa shape index (κ3) is 3.65. The van der Waals surface area contributed by atoms with Crippen molar-refractivity contribution in [3.63, 3.8) is 0 Å². The van der Waals surface area contributed by atoms with E-state index in [2.05, 4.69) is 11.8 Å². The molecule has 0 amide bonds. The lowest BCUT2D eigenvalue weighted by Gasteiger charge is -1.60. The van der Waals surface area contributed by atoms with Crippen LogP contribution in [0.5, 0.6) is 0 Å². The molecule has 0 fully saturated rings. The van der Waals surface area contributed by atoms with Crippen molar-refractivity contribution in [2.45, 2.75) is 0 Å². The standard InChI is InChI=1S/C4H4S/c1-3-5-4-2/h1,4H,2H2. The van der Waals surface area contributed by atoms with Gasteiger partial charge in [-0.3, -0.25) is 0 Å². The third-order valence-corrected chi connectivity index (χ3v) is 0.454. The van der Waals surface area contributed by atoms with E-state index in [0.717, 1.165) is 0 Å². The molecule has 0 aromatic carbocycles. The average Bonchev–Trinajstić information content (AvgIpc) is 1.41. The molecule has 0 aliphatic carbocycles. The van der Waals surface area contributed by atoms with Gasteiger partial charge in [0.1, 0.15) is 0 Å². The van der Waals surface area contributed by atoms with Gasteiger partial charge in [0.25, 0.3) is 0 Å². The van der Waals surface area contributed by atoms with Crippen molar-refractivity contribution in [2.75, 3.05) is 0 Å². The van der Waals surface area contributed by atoms with Crippen molar-refractivity contribution in [3.8, 4) is 11.7 Å². The highest BCUT2D eigenvalue weighted by atomic mass is 32.2. The number of thioether (sulfide) groups is 1. The molecule has 0 N–H and O–H groups in total. The molecule has 0 atom stereocenters. The van der Waals surface area contributed by atoms with Gasteiger partial charge in [0.2, 0.25) is 0 Å². The van der Waals surface area contributed by atoms with Crippen LogP contribution >= 0.6 is 11.8 Å².